The van der Waals surface area contributed by atoms with E-state index in [9.17, 15) is 14.4 Å². The van der Waals surface area contributed by atoms with Crippen LogP contribution in [-0.4, -0.2) is 47.5 Å². The zero-order valence-corrected chi connectivity index (χ0v) is 19.7. The fourth-order valence-electron chi connectivity index (χ4n) is 3.01. The van der Waals surface area contributed by atoms with Gasteiger partial charge in [-0.25, -0.2) is 4.99 Å². The number of anilines is 2. The van der Waals surface area contributed by atoms with Crippen LogP contribution in [0.1, 0.15) is 33.3 Å². The molecule has 0 aliphatic rings. The highest BCUT2D eigenvalue weighted by Gasteiger charge is 2.21. The van der Waals surface area contributed by atoms with Gasteiger partial charge >= 0.3 is 0 Å². The topological polar surface area (TPSA) is 146 Å². The SMILES string of the molecule is CC(/N=C(/N)c1ccccc1N(C)C=O)NC(=O)c1[nH]nc(NC(=O)c2ccccc2Cl)c1Cl. The zero-order chi connectivity index (χ0) is 24.8. The first-order valence-corrected chi connectivity index (χ1v) is 10.7. The van der Waals surface area contributed by atoms with Crippen LogP contribution in [0.4, 0.5) is 11.5 Å². The molecular formula is C22H21Cl2N7O3. The molecule has 2 aromatic carbocycles. The lowest BCUT2D eigenvalue weighted by Gasteiger charge is -2.16. The number of hydrogen-bond acceptors (Lipinski definition) is 5. The Kier molecular flexibility index (Phi) is 7.87. The summed E-state index contributed by atoms with van der Waals surface area (Å²) in [5, 5.41) is 11.7. The summed E-state index contributed by atoms with van der Waals surface area (Å²) in [6, 6.07) is 13.4. The van der Waals surface area contributed by atoms with Crippen molar-refractivity contribution in [3.8, 4) is 0 Å². The van der Waals surface area contributed by atoms with Crippen molar-refractivity contribution in [3.63, 3.8) is 0 Å². The number of benzene rings is 2. The maximum absolute atomic E-state index is 12.7. The second-order valence-corrected chi connectivity index (χ2v) is 7.88. The van der Waals surface area contributed by atoms with Gasteiger partial charge in [0.15, 0.2) is 5.82 Å². The molecule has 3 rings (SSSR count). The average Bonchev–Trinajstić information content (AvgIpc) is 3.18. The normalized spacial score (nSPS) is 12.1. The van der Waals surface area contributed by atoms with Crippen LogP contribution in [0.3, 0.4) is 0 Å². The second-order valence-electron chi connectivity index (χ2n) is 7.09. The van der Waals surface area contributed by atoms with Crippen LogP contribution in [0.25, 0.3) is 0 Å². The Labute approximate surface area is 205 Å². The maximum atomic E-state index is 12.7. The number of hydrogen-bond donors (Lipinski definition) is 4. The second kappa shape index (κ2) is 10.8. The van der Waals surface area contributed by atoms with Crippen molar-refractivity contribution in [2.24, 2.45) is 10.7 Å². The smallest absolute Gasteiger partial charge is 0.272 e. The first-order chi connectivity index (χ1) is 16.2. The Morgan fingerprint density at radius 2 is 1.76 bits per heavy atom. The van der Waals surface area contributed by atoms with E-state index >= 15 is 0 Å². The van der Waals surface area contributed by atoms with Crippen LogP contribution in [0.15, 0.2) is 53.5 Å². The Hall–Kier alpha value is -3.89. The van der Waals surface area contributed by atoms with Crippen molar-refractivity contribution in [1.82, 2.24) is 15.5 Å². The minimum atomic E-state index is -0.748. The average molecular weight is 502 g/mol. The summed E-state index contributed by atoms with van der Waals surface area (Å²) in [4.78, 5) is 41.9. The molecule has 1 atom stereocenters. The molecule has 0 aliphatic carbocycles. The highest BCUT2D eigenvalue weighted by Crippen LogP contribution is 2.25. The van der Waals surface area contributed by atoms with Crippen LogP contribution in [-0.2, 0) is 4.79 Å². The van der Waals surface area contributed by atoms with Crippen molar-refractivity contribution in [3.05, 3.63) is 75.4 Å². The quantitative estimate of drug-likeness (QED) is 0.213. The molecule has 0 saturated carbocycles. The van der Waals surface area contributed by atoms with Gasteiger partial charge in [0.25, 0.3) is 11.8 Å². The zero-order valence-electron chi connectivity index (χ0n) is 18.2. The molecule has 0 fully saturated rings. The standard InChI is InChI=1S/C22H21Cl2N7O3/c1-12(26-19(25)14-8-4-6-10-16(14)31(2)11-32)27-22(34)18-17(24)20(30-29-18)28-21(33)13-7-3-5-9-15(13)23/h3-12H,1-2H3,(H2,25,26)(H,27,34)(H2,28,29,30,33). The van der Waals surface area contributed by atoms with E-state index in [1.54, 1.807) is 62.5 Å². The van der Waals surface area contributed by atoms with E-state index < -0.39 is 18.0 Å². The lowest BCUT2D eigenvalue weighted by atomic mass is 10.1. The molecule has 0 bridgehead atoms. The van der Waals surface area contributed by atoms with Gasteiger partial charge in [-0.15, -0.1) is 0 Å². The van der Waals surface area contributed by atoms with E-state index in [-0.39, 0.29) is 33.0 Å². The fourth-order valence-corrected chi connectivity index (χ4v) is 3.45. The predicted octanol–water partition coefficient (Wildman–Crippen LogP) is 3.04. The number of rotatable bonds is 8. The number of aliphatic imine (C=N–C) groups is 1. The Balaban J connectivity index is 1.72. The predicted molar refractivity (Wildman–Crippen MR) is 132 cm³/mol. The first kappa shape index (κ1) is 24.7. The highest BCUT2D eigenvalue weighted by molar-refractivity contribution is 6.37. The molecule has 1 heterocycles. The number of carbonyl (C=O) groups excluding carboxylic acids is 3. The molecule has 10 nitrogen and oxygen atoms in total. The number of amides is 3. The van der Waals surface area contributed by atoms with Gasteiger partial charge in [0.05, 0.1) is 16.3 Å². The molecule has 3 amide bonds. The molecule has 0 radical (unpaired) electrons. The number of nitrogens with two attached hydrogens (primary N) is 1. The third-order valence-electron chi connectivity index (χ3n) is 4.68. The Morgan fingerprint density at radius 1 is 1.12 bits per heavy atom. The first-order valence-electron chi connectivity index (χ1n) is 9.94. The molecule has 12 heteroatoms. The number of carbonyl (C=O) groups is 3. The third kappa shape index (κ3) is 5.53. The van der Waals surface area contributed by atoms with Crippen LogP contribution >= 0.6 is 23.2 Å². The molecule has 1 aromatic heterocycles. The number of nitrogens with zero attached hydrogens (tertiary/aromatic N) is 3. The molecule has 5 N–H and O–H groups in total. The lowest BCUT2D eigenvalue weighted by molar-refractivity contribution is -0.107. The number of aromatic amines is 1. The maximum Gasteiger partial charge on any atom is 0.272 e. The molecular weight excluding hydrogens is 481 g/mol. The highest BCUT2D eigenvalue weighted by atomic mass is 35.5. The van der Waals surface area contributed by atoms with E-state index in [0.29, 0.717) is 17.7 Å². The lowest BCUT2D eigenvalue weighted by Crippen LogP contribution is -2.34. The van der Waals surface area contributed by atoms with Crippen molar-refractivity contribution < 1.29 is 14.4 Å². The summed E-state index contributed by atoms with van der Waals surface area (Å²) >= 11 is 12.3. The summed E-state index contributed by atoms with van der Waals surface area (Å²) in [5.41, 5.74) is 7.36. The van der Waals surface area contributed by atoms with E-state index in [1.807, 2.05) is 0 Å². The number of aromatic nitrogens is 2. The molecule has 34 heavy (non-hydrogen) atoms. The van der Waals surface area contributed by atoms with Gasteiger partial charge in [0, 0.05) is 12.6 Å². The summed E-state index contributed by atoms with van der Waals surface area (Å²) in [7, 11) is 1.59. The van der Waals surface area contributed by atoms with E-state index in [0.717, 1.165) is 0 Å². The molecule has 176 valence electrons. The monoisotopic (exact) mass is 501 g/mol. The molecule has 0 spiro atoms. The van der Waals surface area contributed by atoms with Gasteiger partial charge in [-0.1, -0.05) is 47.5 Å². The van der Waals surface area contributed by atoms with Crippen molar-refractivity contribution in [1.29, 1.82) is 0 Å². The number of amidine groups is 1. The molecule has 0 aliphatic heterocycles. The summed E-state index contributed by atoms with van der Waals surface area (Å²) in [6.07, 6.45) is -0.0951. The van der Waals surface area contributed by atoms with Crippen LogP contribution in [0.5, 0.6) is 0 Å². The van der Waals surface area contributed by atoms with Crippen molar-refractivity contribution in [2.45, 2.75) is 13.1 Å². The Bertz CT molecular complexity index is 1260. The summed E-state index contributed by atoms with van der Waals surface area (Å²) in [6.45, 7) is 1.61. The fraction of sp³-hybridized carbons (Fsp3) is 0.136. The van der Waals surface area contributed by atoms with E-state index in [4.69, 9.17) is 28.9 Å². The van der Waals surface area contributed by atoms with Crippen LogP contribution in [0, 0.1) is 0 Å². The summed E-state index contributed by atoms with van der Waals surface area (Å²) < 4.78 is 0. The third-order valence-corrected chi connectivity index (χ3v) is 5.37. The van der Waals surface area contributed by atoms with Gasteiger partial charge < -0.3 is 21.3 Å². The number of para-hydroxylation sites is 1. The minimum absolute atomic E-state index is 0.0294. The number of halogens is 2. The minimum Gasteiger partial charge on any atom is -0.383 e. The summed E-state index contributed by atoms with van der Waals surface area (Å²) in [5.74, 6) is -1.05. The van der Waals surface area contributed by atoms with E-state index in [1.165, 1.54) is 4.90 Å². The molecule has 0 saturated heterocycles. The van der Waals surface area contributed by atoms with Gasteiger partial charge in [-0.05, 0) is 31.2 Å². The van der Waals surface area contributed by atoms with Crippen LogP contribution in [0.2, 0.25) is 10.0 Å². The Morgan fingerprint density at radius 3 is 2.44 bits per heavy atom. The van der Waals surface area contributed by atoms with Crippen LogP contribution < -0.4 is 21.3 Å². The van der Waals surface area contributed by atoms with Gasteiger partial charge in [0.1, 0.15) is 22.7 Å². The largest absolute Gasteiger partial charge is 0.383 e. The van der Waals surface area contributed by atoms with Gasteiger partial charge in [-0.2, -0.15) is 5.10 Å². The van der Waals surface area contributed by atoms with Crippen molar-refractivity contribution >= 4 is 58.8 Å². The molecule has 3 aromatic rings. The number of H-pyrrole nitrogens is 1. The van der Waals surface area contributed by atoms with Gasteiger partial charge in [-0.3, -0.25) is 19.5 Å². The van der Waals surface area contributed by atoms with E-state index in [2.05, 4.69) is 25.8 Å². The number of nitrogens with one attached hydrogen (secondary N) is 3. The molecule has 1 unspecified atom stereocenters. The van der Waals surface area contributed by atoms with Crippen molar-refractivity contribution in [2.75, 3.05) is 17.3 Å². The van der Waals surface area contributed by atoms with Gasteiger partial charge in [0.2, 0.25) is 6.41 Å².